The van der Waals surface area contributed by atoms with Crippen molar-refractivity contribution in [1.82, 2.24) is 0 Å². The molecule has 0 saturated carbocycles. The zero-order valence-electron chi connectivity index (χ0n) is 38.0. The third-order valence-electron chi connectivity index (χ3n) is 16.0. The van der Waals surface area contributed by atoms with E-state index in [0.717, 1.165) is 11.2 Å². The van der Waals surface area contributed by atoms with Gasteiger partial charge in [-0.3, -0.25) is 0 Å². The largest absolute Gasteiger partial charge is 0.457 e. The number of hydrogen-bond donors (Lipinski definition) is 0. The van der Waals surface area contributed by atoms with Gasteiger partial charge < -0.3 is 4.42 Å². The molecular formula is C54H39B9O. The highest BCUT2D eigenvalue weighted by atomic mass is 16.3. The maximum absolute atomic E-state index is 7.11. The van der Waals surface area contributed by atoms with Crippen LogP contribution in [0.5, 0.6) is 0 Å². The van der Waals surface area contributed by atoms with E-state index in [1.165, 1.54) is 169 Å². The van der Waals surface area contributed by atoms with E-state index in [1.807, 2.05) is 0 Å². The van der Waals surface area contributed by atoms with Gasteiger partial charge in [-0.1, -0.05) is 142 Å². The van der Waals surface area contributed by atoms with E-state index in [1.54, 1.807) is 0 Å². The second kappa shape index (κ2) is 13.2. The van der Waals surface area contributed by atoms with Crippen LogP contribution in [0.4, 0.5) is 0 Å². The van der Waals surface area contributed by atoms with E-state index >= 15 is 0 Å². The second-order valence-corrected chi connectivity index (χ2v) is 19.0. The molecule has 13 aromatic rings. The van der Waals surface area contributed by atoms with Crippen LogP contribution in [0.2, 0.25) is 0 Å². The third kappa shape index (κ3) is 4.87. The summed E-state index contributed by atoms with van der Waals surface area (Å²) in [5.41, 5.74) is 21.3. The van der Waals surface area contributed by atoms with Gasteiger partial charge in [0.05, 0.1) is 0 Å². The first-order valence-corrected chi connectivity index (χ1v) is 22.8. The van der Waals surface area contributed by atoms with E-state index in [9.17, 15) is 0 Å². The van der Waals surface area contributed by atoms with Crippen molar-refractivity contribution in [3.05, 3.63) is 127 Å². The molecule has 0 aliphatic heterocycles. The Morgan fingerprint density at radius 2 is 0.656 bits per heavy atom. The zero-order valence-corrected chi connectivity index (χ0v) is 38.0. The maximum atomic E-state index is 7.11. The first kappa shape index (κ1) is 37.9. The smallest absolute Gasteiger partial charge is 0.145 e. The van der Waals surface area contributed by atoms with E-state index in [2.05, 4.69) is 198 Å². The number of benzene rings is 12. The zero-order chi connectivity index (χ0) is 43.6. The molecule has 0 aliphatic carbocycles. The van der Waals surface area contributed by atoms with Gasteiger partial charge in [0.15, 0.2) is 0 Å². The monoisotopic (exact) mass is 802 g/mol. The SMILES string of the molecule is Bc1c(-c2cc(-c3ccc4ccc5cccc6ccc3c4c56)cc(-c3ccc4ccc5cccc6ccc3c4c56)c2)c(B)c2c(oc3c(B)c4c(B)c(B)c(B)c(B)c4c(B)c32)c1B. The lowest BCUT2D eigenvalue weighted by atomic mass is 9.61. The van der Waals surface area contributed by atoms with Gasteiger partial charge in [0.1, 0.15) is 81.8 Å². The summed E-state index contributed by atoms with van der Waals surface area (Å²) in [5, 5.41) is 20.8. The van der Waals surface area contributed by atoms with Crippen LogP contribution in [0.25, 0.3) is 131 Å². The van der Waals surface area contributed by atoms with Crippen molar-refractivity contribution < 1.29 is 4.42 Å². The molecule has 0 atom stereocenters. The predicted molar refractivity (Wildman–Crippen MR) is 309 cm³/mol. The Morgan fingerprint density at radius 3 is 1.16 bits per heavy atom. The summed E-state index contributed by atoms with van der Waals surface area (Å²) in [7, 11) is 20.7. The topological polar surface area (TPSA) is 13.1 Å². The summed E-state index contributed by atoms with van der Waals surface area (Å²) in [6.07, 6.45) is 0. The lowest BCUT2D eigenvalue weighted by Crippen LogP contribution is -2.50. The molecule has 1 aromatic heterocycles. The number of hydrogen-bond acceptors (Lipinski definition) is 1. The molecule has 64 heavy (non-hydrogen) atoms. The van der Waals surface area contributed by atoms with Gasteiger partial charge in [-0.25, -0.2) is 0 Å². The molecule has 0 fully saturated rings. The average Bonchev–Trinajstić information content (AvgIpc) is 3.74. The summed E-state index contributed by atoms with van der Waals surface area (Å²) in [6.45, 7) is 0. The van der Waals surface area contributed by atoms with Crippen molar-refractivity contribution in [3.8, 4) is 33.4 Å². The van der Waals surface area contributed by atoms with Gasteiger partial charge in [-0.2, -0.15) is 0 Å². The fourth-order valence-corrected chi connectivity index (χ4v) is 12.4. The normalized spacial score (nSPS) is 12.3. The van der Waals surface area contributed by atoms with Crippen molar-refractivity contribution in [2.24, 2.45) is 0 Å². The molecule has 0 radical (unpaired) electrons. The molecule has 1 heterocycles. The fraction of sp³-hybridized carbons (Fsp3) is 0. The quantitative estimate of drug-likeness (QED) is 0.180. The minimum atomic E-state index is 1.01. The first-order valence-electron chi connectivity index (χ1n) is 22.8. The van der Waals surface area contributed by atoms with Gasteiger partial charge in [0.25, 0.3) is 0 Å². The van der Waals surface area contributed by atoms with E-state index in [-0.39, 0.29) is 0 Å². The van der Waals surface area contributed by atoms with E-state index in [4.69, 9.17) is 4.42 Å². The summed E-state index contributed by atoms with van der Waals surface area (Å²) in [5.74, 6) is 0. The second-order valence-electron chi connectivity index (χ2n) is 19.0. The molecule has 0 bridgehead atoms. The van der Waals surface area contributed by atoms with Crippen LogP contribution in [0, 0.1) is 0 Å². The molecule has 0 amide bonds. The highest BCUT2D eigenvalue weighted by Crippen LogP contribution is 2.44. The number of furan rings is 1. The Bertz CT molecular complexity index is 4050. The Labute approximate surface area is 380 Å². The maximum Gasteiger partial charge on any atom is 0.145 e. The van der Waals surface area contributed by atoms with Gasteiger partial charge >= 0.3 is 0 Å². The van der Waals surface area contributed by atoms with Crippen molar-refractivity contribution in [1.29, 1.82) is 0 Å². The molecule has 1 nitrogen and oxygen atoms in total. The van der Waals surface area contributed by atoms with Gasteiger partial charge in [0, 0.05) is 10.8 Å². The lowest BCUT2D eigenvalue weighted by molar-refractivity contribution is 0.675. The molecule has 0 unspecified atom stereocenters. The van der Waals surface area contributed by atoms with Crippen LogP contribution in [0.3, 0.4) is 0 Å². The standard InChI is InChI=1S/C54H39B9O/c55-44-39(46(57)52(63)54-42(44)43-45(56)40-41(49(60)53(43)64-54)48(59)51(62)50(61)47(40)58)30-20-28(31-15-11-26-9-7-22-3-1-5-24-13-17-33(31)37(26)35(22)24)19-29(21-30)32-16-12-27-10-8-23-4-2-6-25-14-18-34(32)38(27)36(23)25/h1-21H,55-63H2. The van der Waals surface area contributed by atoms with Gasteiger partial charge in [-0.15, -0.1) is 10.9 Å². The van der Waals surface area contributed by atoms with Crippen molar-refractivity contribution in [3.63, 3.8) is 0 Å². The van der Waals surface area contributed by atoms with Crippen molar-refractivity contribution >= 4 is 217 Å². The van der Waals surface area contributed by atoms with Gasteiger partial charge in [-0.05, 0) is 132 Å². The highest BCUT2D eigenvalue weighted by Gasteiger charge is 2.25. The third-order valence-corrected chi connectivity index (χ3v) is 16.0. The summed E-state index contributed by atoms with van der Waals surface area (Å²) >= 11 is 0. The molecule has 288 valence electrons. The molecular weight excluding hydrogens is 762 g/mol. The summed E-state index contributed by atoms with van der Waals surface area (Å²) in [4.78, 5) is 0. The van der Waals surface area contributed by atoms with Crippen LogP contribution >= 0.6 is 0 Å². The Balaban J connectivity index is 1.15. The Hall–Kier alpha value is -6.64. The lowest BCUT2D eigenvalue weighted by Gasteiger charge is -2.21. The molecule has 13 rings (SSSR count). The van der Waals surface area contributed by atoms with E-state index in [0.29, 0.717) is 0 Å². The van der Waals surface area contributed by atoms with Crippen LogP contribution in [-0.4, -0.2) is 70.6 Å². The molecule has 0 N–H and O–H groups in total. The molecule has 0 saturated heterocycles. The molecule has 12 aromatic carbocycles. The highest BCUT2D eigenvalue weighted by molar-refractivity contribution is 6.72. The number of rotatable bonds is 3. The van der Waals surface area contributed by atoms with Crippen LogP contribution in [0.15, 0.2) is 132 Å². The first-order chi connectivity index (χ1) is 31.0. The summed E-state index contributed by atoms with van der Waals surface area (Å²) in [6, 6.07) is 48.6. The van der Waals surface area contributed by atoms with Crippen molar-refractivity contribution in [2.45, 2.75) is 0 Å². The fourth-order valence-electron chi connectivity index (χ4n) is 12.4. The van der Waals surface area contributed by atoms with Gasteiger partial charge in [0.2, 0.25) is 0 Å². The Morgan fingerprint density at radius 1 is 0.266 bits per heavy atom. The van der Waals surface area contributed by atoms with Crippen LogP contribution < -0.4 is 49.2 Å². The number of fused-ring (bicyclic) bond motifs is 4. The van der Waals surface area contributed by atoms with E-state index < -0.39 is 0 Å². The van der Waals surface area contributed by atoms with Crippen LogP contribution in [-0.2, 0) is 0 Å². The Kier molecular flexibility index (Phi) is 7.82. The van der Waals surface area contributed by atoms with Crippen molar-refractivity contribution in [2.75, 3.05) is 0 Å². The predicted octanol–water partition coefficient (Wildman–Crippen LogP) is -0.139. The van der Waals surface area contributed by atoms with Crippen LogP contribution in [0.1, 0.15) is 0 Å². The molecule has 10 heteroatoms. The molecule has 0 aliphatic rings. The summed E-state index contributed by atoms with van der Waals surface area (Å²) < 4.78 is 7.11. The minimum Gasteiger partial charge on any atom is -0.457 e. The average molecular weight is 801 g/mol. The molecule has 0 spiro atoms. The minimum absolute atomic E-state index is 1.01.